The fourth-order valence-electron chi connectivity index (χ4n) is 3.47. The molecule has 0 spiro atoms. The zero-order chi connectivity index (χ0) is 16.1. The van der Waals surface area contributed by atoms with Crippen LogP contribution in [0, 0.1) is 5.41 Å². The second kappa shape index (κ2) is 7.28. The molecule has 3 heteroatoms. The lowest BCUT2D eigenvalue weighted by atomic mass is 9.71. The van der Waals surface area contributed by atoms with E-state index in [0.717, 1.165) is 12.8 Å². The monoisotopic (exact) mass is 302 g/mol. The molecular formula is C19H30N2O. The van der Waals surface area contributed by atoms with E-state index in [1.807, 2.05) is 18.2 Å². The molecule has 0 bridgehead atoms. The molecule has 22 heavy (non-hydrogen) atoms. The minimum absolute atomic E-state index is 0.0409. The van der Waals surface area contributed by atoms with Gasteiger partial charge in [-0.25, -0.2) is 0 Å². The van der Waals surface area contributed by atoms with Crippen LogP contribution in [0.25, 0.3) is 0 Å². The normalized spacial score (nSPS) is 18.0. The molecule has 1 aliphatic rings. The zero-order valence-electron chi connectivity index (χ0n) is 14.0. The van der Waals surface area contributed by atoms with E-state index in [2.05, 4.69) is 31.3 Å². The summed E-state index contributed by atoms with van der Waals surface area (Å²) >= 11 is 0. The summed E-state index contributed by atoms with van der Waals surface area (Å²) in [5.41, 5.74) is 7.22. The van der Waals surface area contributed by atoms with Crippen LogP contribution in [-0.2, 0) is 10.2 Å². The van der Waals surface area contributed by atoms with E-state index in [9.17, 15) is 4.79 Å². The van der Waals surface area contributed by atoms with E-state index in [1.165, 1.54) is 24.8 Å². The maximum atomic E-state index is 12.4. The second-order valence-corrected chi connectivity index (χ2v) is 7.47. The van der Waals surface area contributed by atoms with Gasteiger partial charge in [0.1, 0.15) is 0 Å². The van der Waals surface area contributed by atoms with Gasteiger partial charge < -0.3 is 11.1 Å². The molecule has 1 aromatic carbocycles. The molecule has 3 N–H and O–H groups in total. The van der Waals surface area contributed by atoms with Gasteiger partial charge in [-0.1, -0.05) is 63.4 Å². The van der Waals surface area contributed by atoms with E-state index in [-0.39, 0.29) is 16.7 Å². The summed E-state index contributed by atoms with van der Waals surface area (Å²) in [7, 11) is 0. The first-order valence-electron chi connectivity index (χ1n) is 8.50. The molecule has 0 saturated heterocycles. The van der Waals surface area contributed by atoms with Gasteiger partial charge in [-0.05, 0) is 30.4 Å². The van der Waals surface area contributed by atoms with Gasteiger partial charge in [-0.3, -0.25) is 4.79 Å². The minimum atomic E-state index is -0.0562. The second-order valence-electron chi connectivity index (χ2n) is 7.47. The van der Waals surface area contributed by atoms with Crippen LogP contribution in [0.2, 0.25) is 0 Å². The summed E-state index contributed by atoms with van der Waals surface area (Å²) in [4.78, 5) is 12.4. The Hall–Kier alpha value is -1.35. The molecule has 0 unspecified atom stereocenters. The van der Waals surface area contributed by atoms with Crippen molar-refractivity contribution in [2.45, 2.75) is 57.8 Å². The van der Waals surface area contributed by atoms with E-state index in [0.29, 0.717) is 19.5 Å². The molecule has 1 saturated carbocycles. The Bertz CT molecular complexity index is 475. The molecule has 1 aliphatic carbocycles. The number of nitrogens with two attached hydrogens (primary N) is 1. The maximum absolute atomic E-state index is 12.4. The van der Waals surface area contributed by atoms with E-state index >= 15 is 0 Å². The Kier molecular flexibility index (Phi) is 5.63. The Morgan fingerprint density at radius 1 is 1.18 bits per heavy atom. The van der Waals surface area contributed by atoms with Gasteiger partial charge >= 0.3 is 0 Å². The van der Waals surface area contributed by atoms with Gasteiger partial charge in [0.15, 0.2) is 0 Å². The van der Waals surface area contributed by atoms with Crippen LogP contribution in [0.3, 0.4) is 0 Å². The molecule has 0 aromatic heterocycles. The van der Waals surface area contributed by atoms with Crippen molar-refractivity contribution >= 4 is 5.91 Å². The highest BCUT2D eigenvalue weighted by Gasteiger charge is 2.33. The van der Waals surface area contributed by atoms with Gasteiger partial charge in [-0.2, -0.15) is 0 Å². The number of carbonyl (C=O) groups is 1. The number of benzene rings is 1. The highest BCUT2D eigenvalue weighted by Crippen LogP contribution is 2.38. The molecule has 3 nitrogen and oxygen atoms in total. The van der Waals surface area contributed by atoms with Crippen LogP contribution < -0.4 is 11.1 Å². The molecule has 0 radical (unpaired) electrons. The molecule has 122 valence electrons. The lowest BCUT2D eigenvalue weighted by molar-refractivity contribution is -0.124. The van der Waals surface area contributed by atoms with E-state index in [4.69, 9.17) is 5.73 Å². The van der Waals surface area contributed by atoms with Crippen LogP contribution in [0.1, 0.15) is 57.9 Å². The zero-order valence-corrected chi connectivity index (χ0v) is 14.0. The summed E-state index contributed by atoms with van der Waals surface area (Å²) in [5.74, 6) is 0.149. The van der Waals surface area contributed by atoms with Gasteiger partial charge in [0.25, 0.3) is 0 Å². The quantitative estimate of drug-likeness (QED) is 0.846. The number of hydrogen-bond acceptors (Lipinski definition) is 2. The Morgan fingerprint density at radius 2 is 1.82 bits per heavy atom. The predicted octanol–water partition coefficient (Wildman–Crippen LogP) is 3.38. The third kappa shape index (κ3) is 4.33. The highest BCUT2D eigenvalue weighted by molar-refractivity contribution is 5.76. The molecule has 0 atom stereocenters. The number of rotatable bonds is 6. The average Bonchev–Trinajstić information content (AvgIpc) is 2.55. The minimum Gasteiger partial charge on any atom is -0.355 e. The first-order chi connectivity index (χ1) is 10.5. The smallest absolute Gasteiger partial charge is 0.220 e. The lowest BCUT2D eigenvalue weighted by Gasteiger charge is -2.36. The summed E-state index contributed by atoms with van der Waals surface area (Å²) in [6.45, 7) is 5.63. The van der Waals surface area contributed by atoms with Gasteiger partial charge in [-0.15, -0.1) is 0 Å². The summed E-state index contributed by atoms with van der Waals surface area (Å²) in [5, 5.41) is 3.13. The lowest BCUT2D eigenvalue weighted by Crippen LogP contribution is -2.42. The molecule has 0 heterocycles. The third-order valence-corrected chi connectivity index (χ3v) is 5.17. The standard InChI is InChI=1S/C19H30N2O/c1-18(2,16-9-5-3-6-10-16)15-21-17(22)13-19(14-20)11-7-4-8-12-19/h3,5-6,9-10H,4,7-8,11-15,20H2,1-2H3,(H,21,22). The Balaban J connectivity index is 1.89. The SMILES string of the molecule is CC(C)(CNC(=O)CC1(CN)CCCCC1)c1ccccc1. The molecule has 1 aromatic rings. The van der Waals surface area contributed by atoms with Crippen LogP contribution in [0.15, 0.2) is 30.3 Å². The fourth-order valence-corrected chi connectivity index (χ4v) is 3.47. The first-order valence-corrected chi connectivity index (χ1v) is 8.50. The van der Waals surface area contributed by atoms with Gasteiger partial charge in [0.05, 0.1) is 0 Å². The number of nitrogens with one attached hydrogen (secondary N) is 1. The number of carbonyl (C=O) groups excluding carboxylic acids is 1. The van der Waals surface area contributed by atoms with Crippen LogP contribution in [0.5, 0.6) is 0 Å². The van der Waals surface area contributed by atoms with Crippen molar-refractivity contribution in [3.8, 4) is 0 Å². The van der Waals surface area contributed by atoms with Crippen molar-refractivity contribution in [3.63, 3.8) is 0 Å². The van der Waals surface area contributed by atoms with Crippen LogP contribution in [0.4, 0.5) is 0 Å². The van der Waals surface area contributed by atoms with Crippen LogP contribution >= 0.6 is 0 Å². The van der Waals surface area contributed by atoms with Crippen molar-refractivity contribution in [1.82, 2.24) is 5.32 Å². The largest absolute Gasteiger partial charge is 0.355 e. The summed E-state index contributed by atoms with van der Waals surface area (Å²) < 4.78 is 0. The Labute approximate surface area is 134 Å². The van der Waals surface area contributed by atoms with Crippen LogP contribution in [-0.4, -0.2) is 19.0 Å². The highest BCUT2D eigenvalue weighted by atomic mass is 16.1. The average molecular weight is 302 g/mol. The van der Waals surface area contributed by atoms with Gasteiger partial charge in [0, 0.05) is 18.4 Å². The van der Waals surface area contributed by atoms with Crippen molar-refractivity contribution in [2.24, 2.45) is 11.1 Å². The molecule has 0 aliphatic heterocycles. The predicted molar refractivity (Wildman–Crippen MR) is 91.7 cm³/mol. The van der Waals surface area contributed by atoms with Gasteiger partial charge in [0.2, 0.25) is 5.91 Å². The molecular weight excluding hydrogens is 272 g/mol. The van der Waals surface area contributed by atoms with Crippen molar-refractivity contribution in [1.29, 1.82) is 0 Å². The van der Waals surface area contributed by atoms with Crippen molar-refractivity contribution in [2.75, 3.05) is 13.1 Å². The number of amides is 1. The Morgan fingerprint density at radius 3 is 2.41 bits per heavy atom. The van der Waals surface area contributed by atoms with E-state index in [1.54, 1.807) is 0 Å². The molecule has 1 amide bonds. The first kappa shape index (κ1) is 17.0. The summed E-state index contributed by atoms with van der Waals surface area (Å²) in [6.07, 6.45) is 6.47. The molecule has 1 fully saturated rings. The molecule has 2 rings (SSSR count). The van der Waals surface area contributed by atoms with Crippen molar-refractivity contribution < 1.29 is 4.79 Å². The number of hydrogen-bond donors (Lipinski definition) is 2. The summed E-state index contributed by atoms with van der Waals surface area (Å²) in [6, 6.07) is 10.4. The van der Waals surface area contributed by atoms with Crippen molar-refractivity contribution in [3.05, 3.63) is 35.9 Å². The topological polar surface area (TPSA) is 55.1 Å². The third-order valence-electron chi connectivity index (χ3n) is 5.17. The fraction of sp³-hybridized carbons (Fsp3) is 0.632. The maximum Gasteiger partial charge on any atom is 0.220 e. The van der Waals surface area contributed by atoms with E-state index < -0.39 is 0 Å².